The van der Waals surface area contributed by atoms with Gasteiger partial charge in [-0.2, -0.15) is 0 Å². The molecule has 0 saturated carbocycles. The number of nitrogens with zero attached hydrogens (tertiary/aromatic N) is 1. The number of nitro groups is 1. The fraction of sp³-hybridized carbons (Fsp3) is 0. The van der Waals surface area contributed by atoms with Gasteiger partial charge in [0.15, 0.2) is 0 Å². The topological polar surface area (TPSA) is 119 Å². The fourth-order valence-corrected chi connectivity index (χ4v) is 2.97. The number of benzene rings is 3. The second-order valence-corrected chi connectivity index (χ2v) is 7.05. The summed E-state index contributed by atoms with van der Waals surface area (Å²) >= 11 is 3.31. The second kappa shape index (κ2) is 9.68. The number of nitrogens with one attached hydrogen (secondary N) is 1. The van der Waals surface area contributed by atoms with Crippen molar-refractivity contribution in [2.75, 3.05) is 0 Å². The Morgan fingerprint density at radius 2 is 1.68 bits per heavy atom. The number of amides is 1. The van der Waals surface area contributed by atoms with Crippen LogP contribution in [0.15, 0.2) is 83.0 Å². The third-order valence-corrected chi connectivity index (χ3v) is 4.72. The number of carboxylic acids is 1. The van der Waals surface area contributed by atoms with Crippen molar-refractivity contribution in [3.05, 3.63) is 104 Å². The Morgan fingerprint density at radius 1 is 1.00 bits per heavy atom. The number of carbonyl (C=O) groups is 2. The summed E-state index contributed by atoms with van der Waals surface area (Å²) in [4.78, 5) is 34.8. The largest absolute Gasteiger partial charge is 0.477 e. The standard InChI is InChI=1S/C22H15BrN2O6/c23-16-8-4-5-9-19(16)31-20-11-10-14(13-18(20)25(29)30)12-17(22(27)28)24-21(26)15-6-2-1-3-7-15/h1-13H,(H,24,26)(H,27,28). The summed E-state index contributed by atoms with van der Waals surface area (Å²) < 4.78 is 6.25. The van der Waals surface area contributed by atoms with E-state index in [9.17, 15) is 24.8 Å². The number of rotatable bonds is 7. The van der Waals surface area contributed by atoms with Crippen LogP contribution in [0, 0.1) is 10.1 Å². The van der Waals surface area contributed by atoms with E-state index in [0.717, 1.165) is 6.08 Å². The maximum atomic E-state index is 12.3. The first kappa shape index (κ1) is 21.7. The molecule has 0 aliphatic carbocycles. The zero-order valence-electron chi connectivity index (χ0n) is 15.8. The van der Waals surface area contributed by atoms with Gasteiger partial charge in [-0.1, -0.05) is 36.4 Å². The average Bonchev–Trinajstić information content (AvgIpc) is 2.76. The smallest absolute Gasteiger partial charge is 0.352 e. The zero-order valence-corrected chi connectivity index (χ0v) is 17.4. The summed E-state index contributed by atoms with van der Waals surface area (Å²) in [7, 11) is 0. The molecule has 0 bridgehead atoms. The molecular weight excluding hydrogens is 468 g/mol. The average molecular weight is 483 g/mol. The van der Waals surface area contributed by atoms with E-state index < -0.39 is 22.5 Å². The molecule has 0 heterocycles. The summed E-state index contributed by atoms with van der Waals surface area (Å²) in [5, 5.41) is 23.3. The maximum absolute atomic E-state index is 12.3. The van der Waals surface area contributed by atoms with E-state index in [1.165, 1.54) is 30.3 Å². The summed E-state index contributed by atoms with van der Waals surface area (Å²) in [6, 6.07) is 18.9. The predicted octanol–water partition coefficient (Wildman–Crippen LogP) is 5.01. The molecule has 0 unspecified atom stereocenters. The highest BCUT2D eigenvalue weighted by atomic mass is 79.9. The number of carboxylic acid groups (broad SMARTS) is 1. The molecule has 2 N–H and O–H groups in total. The van der Waals surface area contributed by atoms with Crippen LogP contribution < -0.4 is 10.1 Å². The van der Waals surface area contributed by atoms with Gasteiger partial charge in [-0.25, -0.2) is 4.79 Å². The first-order valence-electron chi connectivity index (χ1n) is 8.87. The van der Waals surface area contributed by atoms with Gasteiger partial charge >= 0.3 is 11.7 Å². The molecule has 0 atom stereocenters. The molecule has 0 fully saturated rings. The van der Waals surface area contributed by atoms with Crippen molar-refractivity contribution in [3.8, 4) is 11.5 Å². The Bertz CT molecular complexity index is 1180. The van der Waals surface area contributed by atoms with Gasteiger partial charge in [-0.3, -0.25) is 14.9 Å². The summed E-state index contributed by atoms with van der Waals surface area (Å²) in [6.45, 7) is 0. The lowest BCUT2D eigenvalue weighted by Crippen LogP contribution is -2.27. The molecule has 0 spiro atoms. The molecule has 31 heavy (non-hydrogen) atoms. The van der Waals surface area contributed by atoms with Crippen LogP contribution in [0.1, 0.15) is 15.9 Å². The van der Waals surface area contributed by atoms with E-state index in [4.69, 9.17) is 4.74 Å². The zero-order chi connectivity index (χ0) is 22.4. The number of aliphatic carboxylic acids is 1. The minimum atomic E-state index is -1.39. The van der Waals surface area contributed by atoms with Gasteiger partial charge in [0.25, 0.3) is 5.91 Å². The van der Waals surface area contributed by atoms with Crippen molar-refractivity contribution in [2.24, 2.45) is 0 Å². The molecule has 1 amide bonds. The second-order valence-electron chi connectivity index (χ2n) is 6.20. The minimum absolute atomic E-state index is 0.0146. The fourth-order valence-electron chi connectivity index (χ4n) is 2.60. The van der Waals surface area contributed by atoms with E-state index in [0.29, 0.717) is 10.2 Å². The first-order valence-corrected chi connectivity index (χ1v) is 9.66. The Kier molecular flexibility index (Phi) is 6.78. The van der Waals surface area contributed by atoms with Gasteiger partial charge < -0.3 is 15.2 Å². The molecule has 3 rings (SSSR count). The monoisotopic (exact) mass is 482 g/mol. The lowest BCUT2D eigenvalue weighted by Gasteiger charge is -2.09. The SMILES string of the molecule is O=C(O)C(=Cc1ccc(Oc2ccccc2Br)c([N+](=O)[O-])c1)NC(=O)c1ccccc1. The van der Waals surface area contributed by atoms with Crippen LogP contribution in [0.2, 0.25) is 0 Å². The molecule has 0 aromatic heterocycles. The van der Waals surface area contributed by atoms with Crippen LogP contribution in [0.4, 0.5) is 5.69 Å². The molecule has 9 heteroatoms. The highest BCUT2D eigenvalue weighted by Crippen LogP contribution is 2.35. The molecule has 3 aromatic carbocycles. The maximum Gasteiger partial charge on any atom is 0.352 e. The van der Waals surface area contributed by atoms with Crippen LogP contribution >= 0.6 is 15.9 Å². The number of para-hydroxylation sites is 1. The molecular formula is C22H15BrN2O6. The molecule has 0 aliphatic rings. The van der Waals surface area contributed by atoms with E-state index in [1.54, 1.807) is 42.5 Å². The summed E-state index contributed by atoms with van der Waals surface area (Å²) in [6.07, 6.45) is 1.14. The molecule has 0 saturated heterocycles. The van der Waals surface area contributed by atoms with Gasteiger partial charge in [-0.05, 0) is 57.9 Å². The third kappa shape index (κ3) is 5.55. The van der Waals surface area contributed by atoms with Crippen LogP contribution in [-0.4, -0.2) is 21.9 Å². The quantitative estimate of drug-likeness (QED) is 0.277. The summed E-state index contributed by atoms with van der Waals surface area (Å²) in [5.41, 5.74) is -0.305. The van der Waals surface area contributed by atoms with Crippen LogP contribution in [0.5, 0.6) is 11.5 Å². The van der Waals surface area contributed by atoms with Gasteiger partial charge in [0.2, 0.25) is 5.75 Å². The van der Waals surface area contributed by atoms with Crippen LogP contribution in [0.25, 0.3) is 6.08 Å². The van der Waals surface area contributed by atoms with Crippen molar-refractivity contribution in [1.82, 2.24) is 5.32 Å². The molecule has 156 valence electrons. The van der Waals surface area contributed by atoms with Crippen molar-refractivity contribution < 1.29 is 24.4 Å². The lowest BCUT2D eigenvalue weighted by molar-refractivity contribution is -0.385. The number of carbonyl (C=O) groups excluding carboxylic acids is 1. The van der Waals surface area contributed by atoms with Crippen molar-refractivity contribution in [1.29, 1.82) is 0 Å². The number of hydrogen-bond donors (Lipinski definition) is 2. The van der Waals surface area contributed by atoms with Crippen LogP contribution in [-0.2, 0) is 4.79 Å². The number of halogens is 1. The number of ether oxygens (including phenoxy) is 1. The first-order chi connectivity index (χ1) is 14.8. The highest BCUT2D eigenvalue weighted by Gasteiger charge is 2.19. The lowest BCUT2D eigenvalue weighted by atomic mass is 10.1. The van der Waals surface area contributed by atoms with E-state index in [-0.39, 0.29) is 22.6 Å². The molecule has 8 nitrogen and oxygen atoms in total. The van der Waals surface area contributed by atoms with Gasteiger partial charge in [0, 0.05) is 11.6 Å². The predicted molar refractivity (Wildman–Crippen MR) is 117 cm³/mol. The van der Waals surface area contributed by atoms with Gasteiger partial charge in [0.05, 0.1) is 9.40 Å². The van der Waals surface area contributed by atoms with E-state index in [1.807, 2.05) is 0 Å². The van der Waals surface area contributed by atoms with Crippen LogP contribution in [0.3, 0.4) is 0 Å². The van der Waals surface area contributed by atoms with E-state index >= 15 is 0 Å². The van der Waals surface area contributed by atoms with Gasteiger partial charge in [0.1, 0.15) is 11.4 Å². The Balaban J connectivity index is 1.91. The molecule has 0 radical (unpaired) electrons. The molecule has 0 aliphatic heterocycles. The van der Waals surface area contributed by atoms with Gasteiger partial charge in [-0.15, -0.1) is 0 Å². The third-order valence-electron chi connectivity index (χ3n) is 4.06. The summed E-state index contributed by atoms with van der Waals surface area (Å²) in [5.74, 6) is -1.63. The minimum Gasteiger partial charge on any atom is -0.477 e. The van der Waals surface area contributed by atoms with Crippen molar-refractivity contribution in [3.63, 3.8) is 0 Å². The number of nitro benzene ring substituents is 1. The van der Waals surface area contributed by atoms with Crippen molar-refractivity contribution >= 4 is 39.6 Å². The molecule has 3 aromatic rings. The Morgan fingerprint density at radius 3 is 2.32 bits per heavy atom. The number of hydrogen-bond acceptors (Lipinski definition) is 5. The normalized spacial score (nSPS) is 10.9. The Labute approximate surface area is 185 Å². The van der Waals surface area contributed by atoms with Crippen molar-refractivity contribution in [2.45, 2.75) is 0 Å². The Hall–Kier alpha value is -3.98. The van der Waals surface area contributed by atoms with E-state index in [2.05, 4.69) is 21.2 Å². The highest BCUT2D eigenvalue weighted by molar-refractivity contribution is 9.10.